The summed E-state index contributed by atoms with van der Waals surface area (Å²) in [6.45, 7) is 4.62. The Morgan fingerprint density at radius 3 is 2.23 bits per heavy atom. The number of aryl methyl sites for hydroxylation is 2. The number of aromatic nitrogens is 1. The van der Waals surface area contributed by atoms with Crippen LogP contribution in [0.2, 0.25) is 0 Å². The van der Waals surface area contributed by atoms with Gasteiger partial charge in [-0.3, -0.25) is 4.98 Å². The maximum absolute atomic E-state index is 3.78. The van der Waals surface area contributed by atoms with E-state index in [0.717, 1.165) is 5.92 Å². The van der Waals surface area contributed by atoms with Crippen molar-refractivity contribution in [2.45, 2.75) is 39.0 Å². The van der Waals surface area contributed by atoms with Crippen LogP contribution in [0.3, 0.4) is 0 Å². The first-order chi connectivity index (χ1) is 12.8. The van der Waals surface area contributed by atoms with Gasteiger partial charge in [-0.2, -0.15) is 0 Å². The van der Waals surface area contributed by atoms with Gasteiger partial charge in [0.15, 0.2) is 0 Å². The van der Waals surface area contributed by atoms with Crippen molar-refractivity contribution in [2.75, 3.05) is 0 Å². The molecule has 1 unspecified atom stereocenters. The lowest BCUT2D eigenvalue weighted by molar-refractivity contribution is 0.593. The zero-order valence-corrected chi connectivity index (χ0v) is 15.6. The molecule has 0 saturated heterocycles. The van der Waals surface area contributed by atoms with Crippen LogP contribution >= 0.6 is 0 Å². The minimum Gasteiger partial charge on any atom is -0.265 e. The molecule has 1 atom stereocenters. The van der Waals surface area contributed by atoms with Crippen LogP contribution in [-0.2, 0) is 6.42 Å². The second-order valence-corrected chi connectivity index (χ2v) is 7.29. The van der Waals surface area contributed by atoms with Gasteiger partial charge in [-0.1, -0.05) is 55.5 Å². The largest absolute Gasteiger partial charge is 0.265 e. The molecule has 3 aromatic carbocycles. The maximum Gasteiger partial charge on any atom is 0.0267 e. The molecule has 4 aromatic rings. The summed E-state index contributed by atoms with van der Waals surface area (Å²) in [5.74, 6) is 0.718. The summed E-state index contributed by atoms with van der Waals surface area (Å²) in [6.07, 6.45) is 7.42. The molecule has 0 spiro atoms. The van der Waals surface area contributed by atoms with Crippen LogP contribution in [0.25, 0.3) is 21.5 Å². The summed E-state index contributed by atoms with van der Waals surface area (Å²) in [4.78, 5) is 3.78. The molecule has 0 saturated carbocycles. The second kappa shape index (κ2) is 7.29. The van der Waals surface area contributed by atoms with E-state index in [9.17, 15) is 0 Å². The molecule has 130 valence electrons. The van der Waals surface area contributed by atoms with E-state index in [1.54, 1.807) is 23.5 Å². The number of benzene rings is 3. The van der Waals surface area contributed by atoms with Crippen molar-refractivity contribution < 1.29 is 0 Å². The van der Waals surface area contributed by atoms with Gasteiger partial charge in [-0.15, -0.1) is 0 Å². The van der Waals surface area contributed by atoms with Crippen molar-refractivity contribution >= 4 is 21.5 Å². The van der Waals surface area contributed by atoms with Crippen LogP contribution in [0.5, 0.6) is 0 Å². The fourth-order valence-electron chi connectivity index (χ4n) is 4.23. The summed E-state index contributed by atoms with van der Waals surface area (Å²) in [7, 11) is 0. The van der Waals surface area contributed by atoms with Gasteiger partial charge in [-0.25, -0.2) is 0 Å². The lowest BCUT2D eigenvalue weighted by atomic mass is 9.80. The van der Waals surface area contributed by atoms with Gasteiger partial charge in [0.05, 0.1) is 0 Å². The molecule has 1 aromatic heterocycles. The monoisotopic (exact) mass is 339 g/mol. The Bertz CT molecular complexity index is 1010. The lowest BCUT2D eigenvalue weighted by Gasteiger charge is -2.24. The number of hydrogen-bond acceptors (Lipinski definition) is 1. The Labute approximate surface area is 155 Å². The number of fused-ring (bicyclic) bond motifs is 5. The van der Waals surface area contributed by atoms with Crippen LogP contribution in [-0.4, -0.2) is 4.98 Å². The van der Waals surface area contributed by atoms with Gasteiger partial charge < -0.3 is 0 Å². The average molecular weight is 339 g/mol. The van der Waals surface area contributed by atoms with E-state index in [1.807, 2.05) is 18.2 Å². The smallest absolute Gasteiger partial charge is 0.0267 e. The molecule has 0 N–H and O–H groups in total. The number of hydrogen-bond donors (Lipinski definition) is 0. The third kappa shape index (κ3) is 3.10. The van der Waals surface area contributed by atoms with Crippen molar-refractivity contribution in [1.82, 2.24) is 4.98 Å². The molecule has 1 aliphatic rings. The molecule has 1 heteroatoms. The Kier molecular flexibility index (Phi) is 4.71. The predicted octanol–water partition coefficient (Wildman–Crippen LogP) is 6.82. The van der Waals surface area contributed by atoms with Gasteiger partial charge in [0.1, 0.15) is 0 Å². The number of nitrogens with zero attached hydrogens (tertiary/aromatic N) is 1. The van der Waals surface area contributed by atoms with Gasteiger partial charge in [-0.05, 0) is 82.5 Å². The third-order valence-electron chi connectivity index (χ3n) is 5.56. The molecular formula is C25H25N. The molecule has 0 bridgehead atoms. The highest BCUT2D eigenvalue weighted by atomic mass is 14.6. The highest BCUT2D eigenvalue weighted by Crippen LogP contribution is 2.38. The first-order valence-corrected chi connectivity index (χ1v) is 9.54. The molecule has 0 radical (unpaired) electrons. The first-order valence-electron chi connectivity index (χ1n) is 9.54. The van der Waals surface area contributed by atoms with Crippen LogP contribution in [0.15, 0.2) is 73.1 Å². The van der Waals surface area contributed by atoms with E-state index in [2.05, 4.69) is 61.3 Å². The van der Waals surface area contributed by atoms with Crippen LogP contribution < -0.4 is 0 Å². The normalized spacial score (nSPS) is 16.0. The standard InChI is InChI=1S/C20H20.C5H5N/c1-13-6-5-9-18-16(13)10-11-19-17-8-4-3-7-15(17)14(2)12-20(18)19;1-2-4-6-5-3-1/h3-4,7-8,10-13H,5-6,9H2,1-2H3;1-5H. The van der Waals surface area contributed by atoms with Crippen LogP contribution in [0.4, 0.5) is 0 Å². The van der Waals surface area contributed by atoms with Crippen molar-refractivity contribution in [2.24, 2.45) is 0 Å². The molecule has 0 aliphatic heterocycles. The average Bonchev–Trinajstić information content (AvgIpc) is 2.70. The van der Waals surface area contributed by atoms with E-state index in [-0.39, 0.29) is 0 Å². The third-order valence-corrected chi connectivity index (χ3v) is 5.56. The zero-order valence-electron chi connectivity index (χ0n) is 15.6. The fourth-order valence-corrected chi connectivity index (χ4v) is 4.23. The Morgan fingerprint density at radius 2 is 1.54 bits per heavy atom. The minimum absolute atomic E-state index is 0.718. The molecule has 0 amide bonds. The molecule has 5 rings (SSSR count). The number of pyridine rings is 1. The molecule has 1 aliphatic carbocycles. The molecule has 26 heavy (non-hydrogen) atoms. The van der Waals surface area contributed by atoms with Gasteiger partial charge >= 0.3 is 0 Å². The summed E-state index contributed by atoms with van der Waals surface area (Å²) in [5, 5.41) is 5.72. The van der Waals surface area contributed by atoms with E-state index in [1.165, 1.54) is 46.4 Å². The lowest BCUT2D eigenvalue weighted by Crippen LogP contribution is -2.07. The summed E-state index contributed by atoms with van der Waals surface area (Å²) >= 11 is 0. The minimum atomic E-state index is 0.718. The van der Waals surface area contributed by atoms with Crippen molar-refractivity contribution in [3.63, 3.8) is 0 Å². The predicted molar refractivity (Wildman–Crippen MR) is 112 cm³/mol. The molecule has 1 nitrogen and oxygen atoms in total. The highest BCUT2D eigenvalue weighted by Gasteiger charge is 2.19. The summed E-state index contributed by atoms with van der Waals surface area (Å²) in [5.41, 5.74) is 4.59. The molecule has 1 heterocycles. The first kappa shape index (κ1) is 16.8. The summed E-state index contributed by atoms with van der Waals surface area (Å²) < 4.78 is 0. The SMILES string of the molecule is Cc1cc2c3c(ccc2c2ccccc12)C(C)CCC3.c1ccncc1. The molecular weight excluding hydrogens is 314 g/mol. The zero-order chi connectivity index (χ0) is 17.9. The van der Waals surface area contributed by atoms with Crippen LogP contribution in [0, 0.1) is 6.92 Å². The Morgan fingerprint density at radius 1 is 0.808 bits per heavy atom. The van der Waals surface area contributed by atoms with Gasteiger partial charge in [0.2, 0.25) is 0 Å². The van der Waals surface area contributed by atoms with E-state index >= 15 is 0 Å². The van der Waals surface area contributed by atoms with Gasteiger partial charge in [0, 0.05) is 12.4 Å². The topological polar surface area (TPSA) is 12.9 Å². The maximum atomic E-state index is 3.78. The highest BCUT2D eigenvalue weighted by molar-refractivity contribution is 6.10. The summed E-state index contributed by atoms with van der Waals surface area (Å²) in [6, 6.07) is 21.7. The number of rotatable bonds is 0. The van der Waals surface area contributed by atoms with Crippen LogP contribution in [0.1, 0.15) is 42.4 Å². The van der Waals surface area contributed by atoms with Gasteiger partial charge in [0.25, 0.3) is 0 Å². The van der Waals surface area contributed by atoms with E-state index in [0.29, 0.717) is 0 Å². The quantitative estimate of drug-likeness (QED) is 0.320. The Hall–Kier alpha value is -2.67. The Balaban J connectivity index is 0.000000240. The fraction of sp³-hybridized carbons (Fsp3) is 0.240. The van der Waals surface area contributed by atoms with E-state index in [4.69, 9.17) is 0 Å². The van der Waals surface area contributed by atoms with Crippen molar-refractivity contribution in [3.8, 4) is 0 Å². The van der Waals surface area contributed by atoms with E-state index < -0.39 is 0 Å². The molecule has 0 fully saturated rings. The second-order valence-electron chi connectivity index (χ2n) is 7.29. The van der Waals surface area contributed by atoms with Crippen molar-refractivity contribution in [3.05, 3.63) is 89.7 Å². The van der Waals surface area contributed by atoms with Crippen molar-refractivity contribution in [1.29, 1.82) is 0 Å².